The van der Waals surface area contributed by atoms with E-state index in [1.165, 1.54) is 11.4 Å². The molecule has 0 bridgehead atoms. The summed E-state index contributed by atoms with van der Waals surface area (Å²) in [6.45, 7) is 5.00. The zero-order valence-corrected chi connectivity index (χ0v) is 16.3. The quantitative estimate of drug-likeness (QED) is 0.882. The summed E-state index contributed by atoms with van der Waals surface area (Å²) >= 11 is 6.03. The fourth-order valence-corrected chi connectivity index (χ4v) is 3.22. The molecule has 1 heterocycles. The number of rotatable bonds is 3. The van der Waals surface area contributed by atoms with Gasteiger partial charge in [0.05, 0.1) is 0 Å². The van der Waals surface area contributed by atoms with Gasteiger partial charge in [0.25, 0.3) is 0 Å². The minimum Gasteiger partial charge on any atom is -0.378 e. The van der Waals surface area contributed by atoms with Gasteiger partial charge in [-0.1, -0.05) is 17.7 Å². The average molecular weight is 373 g/mol. The molecule has 2 aromatic rings. The van der Waals surface area contributed by atoms with Crippen LogP contribution in [0.5, 0.6) is 0 Å². The van der Waals surface area contributed by atoms with Crippen LogP contribution in [0.4, 0.5) is 21.9 Å². The number of hydrogen-bond donors (Lipinski definition) is 1. The highest BCUT2D eigenvalue weighted by Crippen LogP contribution is 2.22. The molecule has 0 radical (unpaired) electrons. The predicted molar refractivity (Wildman–Crippen MR) is 110 cm³/mol. The van der Waals surface area contributed by atoms with E-state index in [-0.39, 0.29) is 6.03 Å². The van der Waals surface area contributed by atoms with Crippen molar-refractivity contribution in [3.8, 4) is 0 Å². The van der Waals surface area contributed by atoms with Gasteiger partial charge < -0.3 is 20.0 Å². The topological polar surface area (TPSA) is 38.8 Å². The van der Waals surface area contributed by atoms with Crippen LogP contribution in [-0.4, -0.2) is 51.2 Å². The molecule has 26 heavy (non-hydrogen) atoms. The molecular weight excluding hydrogens is 348 g/mol. The van der Waals surface area contributed by atoms with E-state index < -0.39 is 0 Å². The summed E-state index contributed by atoms with van der Waals surface area (Å²) in [5.41, 5.74) is 4.15. The lowest BCUT2D eigenvalue weighted by molar-refractivity contribution is 0.208. The molecule has 0 spiro atoms. The predicted octanol–water partition coefficient (Wildman–Crippen LogP) is 4.07. The Balaban J connectivity index is 1.57. The number of urea groups is 1. The first-order valence-corrected chi connectivity index (χ1v) is 9.16. The van der Waals surface area contributed by atoms with E-state index in [0.29, 0.717) is 18.1 Å². The number of nitrogens with zero attached hydrogens (tertiary/aromatic N) is 3. The second-order valence-electron chi connectivity index (χ2n) is 6.77. The van der Waals surface area contributed by atoms with Crippen molar-refractivity contribution < 1.29 is 4.79 Å². The van der Waals surface area contributed by atoms with Gasteiger partial charge in [-0.25, -0.2) is 4.79 Å². The molecule has 0 aromatic heterocycles. The maximum absolute atomic E-state index is 12.5. The van der Waals surface area contributed by atoms with Crippen molar-refractivity contribution in [2.75, 3.05) is 55.4 Å². The molecule has 0 saturated carbocycles. The highest BCUT2D eigenvalue weighted by Gasteiger charge is 2.21. The summed E-state index contributed by atoms with van der Waals surface area (Å²) in [5, 5.41) is 3.60. The largest absolute Gasteiger partial charge is 0.378 e. The Hall–Kier alpha value is -2.40. The van der Waals surface area contributed by atoms with Crippen LogP contribution in [0.25, 0.3) is 0 Å². The van der Waals surface area contributed by atoms with Gasteiger partial charge in [-0.3, -0.25) is 0 Å². The number of piperazine rings is 1. The van der Waals surface area contributed by atoms with Crippen LogP contribution < -0.4 is 15.1 Å². The summed E-state index contributed by atoms with van der Waals surface area (Å²) in [6, 6.07) is 14.0. The van der Waals surface area contributed by atoms with Crippen molar-refractivity contribution >= 4 is 34.7 Å². The van der Waals surface area contributed by atoms with Crippen molar-refractivity contribution in [1.29, 1.82) is 0 Å². The van der Waals surface area contributed by atoms with E-state index in [0.717, 1.165) is 24.3 Å². The smallest absolute Gasteiger partial charge is 0.321 e. The number of hydrogen-bond acceptors (Lipinski definition) is 3. The Kier molecular flexibility index (Phi) is 5.57. The van der Waals surface area contributed by atoms with Gasteiger partial charge >= 0.3 is 6.03 Å². The zero-order chi connectivity index (χ0) is 18.7. The van der Waals surface area contributed by atoms with E-state index in [1.807, 2.05) is 38.1 Å². The van der Waals surface area contributed by atoms with Gasteiger partial charge in [0.15, 0.2) is 0 Å². The molecule has 0 atom stereocenters. The minimum absolute atomic E-state index is 0.0713. The Morgan fingerprint density at radius 2 is 1.69 bits per heavy atom. The summed E-state index contributed by atoms with van der Waals surface area (Å²) in [5.74, 6) is 0. The monoisotopic (exact) mass is 372 g/mol. The first-order valence-electron chi connectivity index (χ1n) is 8.78. The highest BCUT2D eigenvalue weighted by molar-refractivity contribution is 6.31. The normalized spacial score (nSPS) is 14.3. The van der Waals surface area contributed by atoms with E-state index in [1.54, 1.807) is 6.07 Å². The van der Waals surface area contributed by atoms with Crippen LogP contribution in [0.3, 0.4) is 0 Å². The number of carbonyl (C=O) groups excluding carboxylic acids is 1. The SMILES string of the molecule is Cc1ccc(Cl)cc1NC(=O)N1CCN(c2ccc(N(C)C)cc2)CC1. The van der Waals surface area contributed by atoms with Crippen LogP contribution in [0, 0.1) is 6.92 Å². The lowest BCUT2D eigenvalue weighted by atomic mass is 10.2. The highest BCUT2D eigenvalue weighted by atomic mass is 35.5. The van der Waals surface area contributed by atoms with Crippen LogP contribution in [0.1, 0.15) is 5.56 Å². The van der Waals surface area contributed by atoms with Crippen LogP contribution in [0.15, 0.2) is 42.5 Å². The molecule has 5 nitrogen and oxygen atoms in total. The van der Waals surface area contributed by atoms with Crippen LogP contribution in [0.2, 0.25) is 5.02 Å². The summed E-state index contributed by atoms with van der Waals surface area (Å²) in [6.07, 6.45) is 0. The molecule has 1 N–H and O–H groups in total. The number of aryl methyl sites for hydroxylation is 1. The summed E-state index contributed by atoms with van der Waals surface area (Å²) < 4.78 is 0. The molecule has 6 heteroatoms. The Morgan fingerprint density at radius 1 is 1.04 bits per heavy atom. The van der Waals surface area contributed by atoms with Gasteiger partial charge in [-0.05, 0) is 48.9 Å². The van der Waals surface area contributed by atoms with E-state index in [2.05, 4.69) is 39.4 Å². The van der Waals surface area contributed by atoms with Gasteiger partial charge in [0, 0.05) is 62.4 Å². The number of nitrogens with one attached hydrogen (secondary N) is 1. The number of amides is 2. The number of halogens is 1. The van der Waals surface area contributed by atoms with E-state index in [4.69, 9.17) is 11.6 Å². The number of benzene rings is 2. The van der Waals surface area contributed by atoms with Gasteiger partial charge in [0.1, 0.15) is 0 Å². The molecular formula is C20H25ClN4O. The van der Waals surface area contributed by atoms with Crippen molar-refractivity contribution in [3.05, 3.63) is 53.1 Å². The van der Waals surface area contributed by atoms with Crippen molar-refractivity contribution in [3.63, 3.8) is 0 Å². The molecule has 2 amide bonds. The van der Waals surface area contributed by atoms with Crippen molar-refractivity contribution in [2.45, 2.75) is 6.92 Å². The van der Waals surface area contributed by atoms with Crippen LogP contribution >= 0.6 is 11.6 Å². The van der Waals surface area contributed by atoms with Crippen molar-refractivity contribution in [2.24, 2.45) is 0 Å². The minimum atomic E-state index is -0.0713. The summed E-state index contributed by atoms with van der Waals surface area (Å²) in [7, 11) is 4.07. The Bertz CT molecular complexity index is 768. The number of anilines is 3. The first kappa shape index (κ1) is 18.4. The Morgan fingerprint density at radius 3 is 2.31 bits per heavy atom. The van der Waals surface area contributed by atoms with E-state index in [9.17, 15) is 4.79 Å². The molecule has 1 aliphatic heterocycles. The molecule has 2 aromatic carbocycles. The molecule has 0 unspecified atom stereocenters. The van der Waals surface area contributed by atoms with E-state index >= 15 is 0 Å². The van der Waals surface area contributed by atoms with Gasteiger partial charge in [-0.2, -0.15) is 0 Å². The number of carbonyl (C=O) groups is 1. The molecule has 0 aliphatic carbocycles. The zero-order valence-electron chi connectivity index (χ0n) is 15.5. The van der Waals surface area contributed by atoms with Crippen molar-refractivity contribution in [1.82, 2.24) is 4.90 Å². The fourth-order valence-electron chi connectivity index (χ4n) is 3.05. The summed E-state index contributed by atoms with van der Waals surface area (Å²) in [4.78, 5) is 18.8. The molecule has 1 fully saturated rings. The molecule has 1 saturated heterocycles. The second kappa shape index (κ2) is 7.87. The standard InChI is InChI=1S/C20H25ClN4O/c1-15-4-5-16(21)14-19(15)22-20(26)25-12-10-24(11-13-25)18-8-6-17(7-9-18)23(2)3/h4-9,14H,10-13H2,1-3H3,(H,22,26). The molecule has 3 rings (SSSR count). The van der Waals surface area contributed by atoms with Gasteiger partial charge in [-0.15, -0.1) is 0 Å². The third kappa shape index (κ3) is 4.22. The maximum atomic E-state index is 12.5. The molecule has 1 aliphatic rings. The molecule has 138 valence electrons. The lowest BCUT2D eigenvalue weighted by Crippen LogP contribution is -2.50. The second-order valence-corrected chi connectivity index (χ2v) is 7.21. The van der Waals surface area contributed by atoms with Crippen LogP contribution in [-0.2, 0) is 0 Å². The maximum Gasteiger partial charge on any atom is 0.321 e. The third-order valence-electron chi connectivity index (χ3n) is 4.74. The lowest BCUT2D eigenvalue weighted by Gasteiger charge is -2.36. The fraction of sp³-hybridized carbons (Fsp3) is 0.350. The Labute approximate surface area is 160 Å². The first-order chi connectivity index (χ1) is 12.4. The van der Waals surface area contributed by atoms with Gasteiger partial charge in [0.2, 0.25) is 0 Å². The third-order valence-corrected chi connectivity index (χ3v) is 4.97. The average Bonchev–Trinajstić information content (AvgIpc) is 2.65.